The second-order valence-corrected chi connectivity index (χ2v) is 6.78. The number of carbonyl (C=O) groups excluding carboxylic acids is 1. The minimum absolute atomic E-state index is 0.00564. The third-order valence-corrected chi connectivity index (χ3v) is 3.79. The van der Waals surface area contributed by atoms with Gasteiger partial charge in [0.05, 0.1) is 7.11 Å². The van der Waals surface area contributed by atoms with Gasteiger partial charge >= 0.3 is 0 Å². The summed E-state index contributed by atoms with van der Waals surface area (Å²) in [6, 6.07) is 15.7. The Balaban J connectivity index is 1.80. The number of hydrogen-bond donors (Lipinski definition) is 2. The monoisotopic (exact) mass is 326 g/mol. The van der Waals surface area contributed by atoms with E-state index in [0.29, 0.717) is 13.0 Å². The number of anilines is 2. The van der Waals surface area contributed by atoms with Crippen LogP contribution in [0.4, 0.5) is 11.4 Å². The highest BCUT2D eigenvalue weighted by molar-refractivity contribution is 5.91. The lowest BCUT2D eigenvalue weighted by Gasteiger charge is -2.19. The summed E-state index contributed by atoms with van der Waals surface area (Å²) in [5.41, 5.74) is 3.13. The molecule has 128 valence electrons. The maximum Gasteiger partial charge on any atom is 0.226 e. The largest absolute Gasteiger partial charge is 0.497 e. The summed E-state index contributed by atoms with van der Waals surface area (Å²) in [5, 5.41) is 6.15. The molecule has 0 fully saturated rings. The van der Waals surface area contributed by atoms with Crippen molar-refractivity contribution in [3.8, 4) is 5.75 Å². The molecule has 2 aromatic rings. The average molecular weight is 326 g/mol. The lowest BCUT2D eigenvalue weighted by Crippen LogP contribution is -2.16. The molecule has 4 nitrogen and oxygen atoms in total. The fraction of sp³-hybridized carbons (Fsp3) is 0.350. The van der Waals surface area contributed by atoms with Crippen LogP contribution in [-0.4, -0.2) is 19.6 Å². The fourth-order valence-corrected chi connectivity index (χ4v) is 2.33. The second-order valence-electron chi connectivity index (χ2n) is 6.78. The molecule has 0 aromatic heterocycles. The van der Waals surface area contributed by atoms with Gasteiger partial charge in [-0.1, -0.05) is 39.0 Å². The van der Waals surface area contributed by atoms with Crippen molar-refractivity contribution in [1.29, 1.82) is 0 Å². The number of methoxy groups -OCH3 is 1. The van der Waals surface area contributed by atoms with E-state index in [9.17, 15) is 4.79 Å². The van der Waals surface area contributed by atoms with Gasteiger partial charge in [0.15, 0.2) is 0 Å². The summed E-state index contributed by atoms with van der Waals surface area (Å²) in [5.74, 6) is 0.789. The van der Waals surface area contributed by atoms with Crippen molar-refractivity contribution in [2.75, 3.05) is 24.3 Å². The molecule has 2 aromatic carbocycles. The number of amides is 1. The Morgan fingerprint density at radius 3 is 2.38 bits per heavy atom. The number of hydrogen-bond acceptors (Lipinski definition) is 3. The highest BCUT2D eigenvalue weighted by Crippen LogP contribution is 2.23. The van der Waals surface area contributed by atoms with Gasteiger partial charge in [0.25, 0.3) is 0 Å². The summed E-state index contributed by atoms with van der Waals surface area (Å²) < 4.78 is 5.18. The zero-order chi connectivity index (χ0) is 17.6. The first-order valence-corrected chi connectivity index (χ1v) is 8.17. The summed E-state index contributed by atoms with van der Waals surface area (Å²) in [6.07, 6.45) is 0.401. The Bertz CT molecular complexity index is 673. The van der Waals surface area contributed by atoms with Crippen LogP contribution < -0.4 is 15.4 Å². The maximum atomic E-state index is 12.0. The fourth-order valence-electron chi connectivity index (χ4n) is 2.33. The smallest absolute Gasteiger partial charge is 0.226 e. The standard InChI is InChI=1S/C20H26N2O2/c1-20(2,3)15-8-10-16(11-9-15)22-19(23)12-13-21-17-6-5-7-18(14-17)24-4/h5-11,14,21H,12-13H2,1-4H3,(H,22,23). The van der Waals surface area contributed by atoms with Gasteiger partial charge in [0.1, 0.15) is 5.75 Å². The van der Waals surface area contributed by atoms with E-state index in [-0.39, 0.29) is 11.3 Å². The normalized spacial score (nSPS) is 11.0. The topological polar surface area (TPSA) is 50.4 Å². The molecule has 0 atom stereocenters. The minimum Gasteiger partial charge on any atom is -0.497 e. The number of carbonyl (C=O) groups is 1. The molecule has 1 amide bonds. The number of nitrogens with one attached hydrogen (secondary N) is 2. The molecule has 0 aliphatic heterocycles. The van der Waals surface area contributed by atoms with Crippen LogP contribution in [0.5, 0.6) is 5.75 Å². The Morgan fingerprint density at radius 2 is 1.75 bits per heavy atom. The lowest BCUT2D eigenvalue weighted by molar-refractivity contribution is -0.115. The van der Waals surface area contributed by atoms with Crippen molar-refractivity contribution < 1.29 is 9.53 Å². The third-order valence-electron chi connectivity index (χ3n) is 3.79. The average Bonchev–Trinajstić information content (AvgIpc) is 2.54. The van der Waals surface area contributed by atoms with Crippen molar-refractivity contribution in [3.05, 3.63) is 54.1 Å². The van der Waals surface area contributed by atoms with Crippen LogP contribution >= 0.6 is 0 Å². The zero-order valence-corrected chi connectivity index (χ0v) is 14.8. The van der Waals surface area contributed by atoms with Crippen LogP contribution in [0, 0.1) is 0 Å². The van der Waals surface area contributed by atoms with E-state index in [1.807, 2.05) is 36.4 Å². The molecule has 0 saturated heterocycles. The van der Waals surface area contributed by atoms with E-state index in [4.69, 9.17) is 4.74 Å². The Morgan fingerprint density at radius 1 is 1.04 bits per heavy atom. The SMILES string of the molecule is COc1cccc(NCCC(=O)Nc2ccc(C(C)(C)C)cc2)c1. The molecule has 2 N–H and O–H groups in total. The van der Waals surface area contributed by atoms with Crippen LogP contribution in [0.15, 0.2) is 48.5 Å². The second kappa shape index (κ2) is 7.86. The van der Waals surface area contributed by atoms with Gasteiger partial charge in [-0.25, -0.2) is 0 Å². The molecule has 2 rings (SSSR count). The van der Waals surface area contributed by atoms with Gasteiger partial charge in [-0.05, 0) is 35.2 Å². The summed E-state index contributed by atoms with van der Waals surface area (Å²) in [7, 11) is 1.64. The molecule has 4 heteroatoms. The molecular weight excluding hydrogens is 300 g/mol. The van der Waals surface area contributed by atoms with Crippen molar-refractivity contribution in [1.82, 2.24) is 0 Å². The highest BCUT2D eigenvalue weighted by atomic mass is 16.5. The van der Waals surface area contributed by atoms with E-state index in [2.05, 4.69) is 43.5 Å². The van der Waals surface area contributed by atoms with Gasteiger partial charge in [-0.15, -0.1) is 0 Å². The molecule has 0 saturated carbocycles. The summed E-state index contributed by atoms with van der Waals surface area (Å²) in [6.45, 7) is 7.08. The van der Waals surface area contributed by atoms with E-state index in [0.717, 1.165) is 17.1 Å². The van der Waals surface area contributed by atoms with Crippen LogP contribution in [0.25, 0.3) is 0 Å². The molecule has 24 heavy (non-hydrogen) atoms. The van der Waals surface area contributed by atoms with Crippen molar-refractivity contribution >= 4 is 17.3 Å². The van der Waals surface area contributed by atoms with Gasteiger partial charge in [0, 0.05) is 30.4 Å². The Labute approximate surface area is 144 Å². The maximum absolute atomic E-state index is 12.0. The van der Waals surface area contributed by atoms with Crippen molar-refractivity contribution in [3.63, 3.8) is 0 Å². The van der Waals surface area contributed by atoms with E-state index < -0.39 is 0 Å². The molecular formula is C20H26N2O2. The van der Waals surface area contributed by atoms with Gasteiger partial charge < -0.3 is 15.4 Å². The summed E-state index contributed by atoms with van der Waals surface area (Å²) in [4.78, 5) is 12.0. The predicted octanol–water partition coefficient (Wildman–Crippen LogP) is 4.43. The first-order valence-electron chi connectivity index (χ1n) is 8.17. The third kappa shape index (κ3) is 5.30. The van der Waals surface area contributed by atoms with E-state index in [1.54, 1.807) is 7.11 Å². The van der Waals surface area contributed by atoms with Gasteiger partial charge in [-0.3, -0.25) is 4.79 Å². The van der Waals surface area contributed by atoms with E-state index >= 15 is 0 Å². The van der Waals surface area contributed by atoms with Crippen LogP contribution in [0.1, 0.15) is 32.8 Å². The Kier molecular flexibility index (Phi) is 5.85. The number of rotatable bonds is 6. The predicted molar refractivity (Wildman–Crippen MR) is 99.9 cm³/mol. The zero-order valence-electron chi connectivity index (χ0n) is 14.8. The van der Waals surface area contributed by atoms with Crippen molar-refractivity contribution in [2.24, 2.45) is 0 Å². The van der Waals surface area contributed by atoms with Crippen LogP contribution in [0.3, 0.4) is 0 Å². The Hall–Kier alpha value is -2.49. The molecule has 0 heterocycles. The molecule has 0 bridgehead atoms. The molecule has 0 aliphatic rings. The lowest BCUT2D eigenvalue weighted by atomic mass is 9.87. The molecule has 0 radical (unpaired) electrons. The van der Waals surface area contributed by atoms with Gasteiger partial charge in [0.2, 0.25) is 5.91 Å². The molecule has 0 unspecified atom stereocenters. The minimum atomic E-state index is -0.00564. The summed E-state index contributed by atoms with van der Waals surface area (Å²) >= 11 is 0. The van der Waals surface area contributed by atoms with Crippen LogP contribution in [-0.2, 0) is 10.2 Å². The van der Waals surface area contributed by atoms with Gasteiger partial charge in [-0.2, -0.15) is 0 Å². The quantitative estimate of drug-likeness (QED) is 0.825. The number of benzene rings is 2. The number of ether oxygens (including phenoxy) is 1. The highest BCUT2D eigenvalue weighted by Gasteiger charge is 2.13. The molecule has 0 aliphatic carbocycles. The van der Waals surface area contributed by atoms with Crippen LogP contribution in [0.2, 0.25) is 0 Å². The molecule has 0 spiro atoms. The first kappa shape index (κ1) is 17.9. The first-order chi connectivity index (χ1) is 11.4. The van der Waals surface area contributed by atoms with Crippen molar-refractivity contribution in [2.45, 2.75) is 32.6 Å². The van der Waals surface area contributed by atoms with E-state index in [1.165, 1.54) is 5.56 Å².